The van der Waals surface area contributed by atoms with Crippen LogP contribution in [0.2, 0.25) is 0 Å². The normalized spacial score (nSPS) is 19.9. The predicted molar refractivity (Wildman–Crippen MR) is 82.5 cm³/mol. The molecule has 1 heterocycles. The molecule has 0 saturated carbocycles. The first-order chi connectivity index (χ1) is 9.65. The van der Waals surface area contributed by atoms with Gasteiger partial charge in [0, 0.05) is 19.2 Å². The first-order valence-electron chi connectivity index (χ1n) is 6.91. The molecule has 5 heteroatoms. The maximum atomic E-state index is 5.69. The standard InChI is InChI=1S/C15H22BrNO3/c1-10(13-5-4-6-20-13)17-9-11-7-12(16)15(19-3)14(8-11)18-2/h7-8,10,13,17H,4-6,9H2,1-3H3. The fourth-order valence-corrected chi connectivity index (χ4v) is 3.13. The monoisotopic (exact) mass is 343 g/mol. The number of methoxy groups -OCH3 is 2. The van der Waals surface area contributed by atoms with Gasteiger partial charge in [-0.1, -0.05) is 0 Å². The highest BCUT2D eigenvalue weighted by molar-refractivity contribution is 9.10. The zero-order valence-corrected chi connectivity index (χ0v) is 13.8. The third-order valence-corrected chi connectivity index (χ3v) is 4.23. The number of nitrogens with one attached hydrogen (secondary N) is 1. The number of halogens is 1. The van der Waals surface area contributed by atoms with Crippen molar-refractivity contribution in [2.24, 2.45) is 0 Å². The number of ether oxygens (including phenoxy) is 3. The van der Waals surface area contributed by atoms with Gasteiger partial charge in [-0.05, 0) is 53.4 Å². The average Bonchev–Trinajstić information content (AvgIpc) is 2.98. The Kier molecular flexibility index (Phi) is 5.69. The van der Waals surface area contributed by atoms with E-state index in [-0.39, 0.29) is 0 Å². The Bertz CT molecular complexity index is 447. The number of rotatable bonds is 6. The molecule has 0 bridgehead atoms. The zero-order chi connectivity index (χ0) is 14.5. The molecule has 2 rings (SSSR count). The first-order valence-corrected chi connectivity index (χ1v) is 7.70. The Balaban J connectivity index is 2.00. The quantitative estimate of drug-likeness (QED) is 0.861. The minimum Gasteiger partial charge on any atom is -0.493 e. The van der Waals surface area contributed by atoms with Crippen LogP contribution < -0.4 is 14.8 Å². The highest BCUT2D eigenvalue weighted by Gasteiger charge is 2.22. The summed E-state index contributed by atoms with van der Waals surface area (Å²) in [7, 11) is 3.29. The van der Waals surface area contributed by atoms with Gasteiger partial charge in [0.05, 0.1) is 24.8 Å². The lowest BCUT2D eigenvalue weighted by atomic mass is 10.1. The van der Waals surface area contributed by atoms with Crippen LogP contribution in [0, 0.1) is 0 Å². The van der Waals surface area contributed by atoms with E-state index >= 15 is 0 Å². The summed E-state index contributed by atoms with van der Waals surface area (Å²) >= 11 is 3.51. The molecule has 0 radical (unpaired) electrons. The SMILES string of the molecule is COc1cc(CNC(C)C2CCCO2)cc(Br)c1OC. The molecule has 1 aliphatic rings. The van der Waals surface area contributed by atoms with Gasteiger partial charge in [0.2, 0.25) is 0 Å². The summed E-state index contributed by atoms with van der Waals surface area (Å²) in [5, 5.41) is 3.51. The molecule has 1 aromatic rings. The second-order valence-corrected chi connectivity index (χ2v) is 5.89. The molecule has 2 unspecified atom stereocenters. The molecule has 1 saturated heterocycles. The van der Waals surface area contributed by atoms with Crippen LogP contribution in [0.5, 0.6) is 11.5 Å². The smallest absolute Gasteiger partial charge is 0.174 e. The summed E-state index contributed by atoms with van der Waals surface area (Å²) in [5.74, 6) is 1.46. The largest absolute Gasteiger partial charge is 0.493 e. The molecule has 0 aromatic heterocycles. The van der Waals surface area contributed by atoms with E-state index in [1.165, 1.54) is 6.42 Å². The van der Waals surface area contributed by atoms with Crippen molar-refractivity contribution in [3.05, 3.63) is 22.2 Å². The summed E-state index contributed by atoms with van der Waals surface area (Å²) in [5.41, 5.74) is 1.15. The van der Waals surface area contributed by atoms with Gasteiger partial charge in [0.15, 0.2) is 11.5 Å². The molecule has 2 atom stereocenters. The van der Waals surface area contributed by atoms with Crippen LogP contribution in [0.3, 0.4) is 0 Å². The molecule has 0 spiro atoms. The molecule has 112 valence electrons. The lowest BCUT2D eigenvalue weighted by Crippen LogP contribution is -2.36. The van der Waals surface area contributed by atoms with E-state index in [9.17, 15) is 0 Å². The van der Waals surface area contributed by atoms with Crippen LogP contribution in [-0.2, 0) is 11.3 Å². The average molecular weight is 344 g/mol. The molecule has 1 aliphatic heterocycles. The van der Waals surface area contributed by atoms with E-state index in [0.29, 0.717) is 12.1 Å². The van der Waals surface area contributed by atoms with Crippen molar-refractivity contribution in [2.45, 2.75) is 38.5 Å². The van der Waals surface area contributed by atoms with E-state index in [0.717, 1.165) is 41.1 Å². The van der Waals surface area contributed by atoms with Crippen molar-refractivity contribution in [3.63, 3.8) is 0 Å². The lowest BCUT2D eigenvalue weighted by Gasteiger charge is -2.20. The second kappa shape index (κ2) is 7.29. The molecule has 0 amide bonds. The molecular weight excluding hydrogens is 322 g/mol. The summed E-state index contributed by atoms with van der Waals surface area (Å²) in [6.07, 6.45) is 2.64. The Morgan fingerprint density at radius 3 is 2.80 bits per heavy atom. The molecule has 1 N–H and O–H groups in total. The Hall–Kier alpha value is -0.780. The van der Waals surface area contributed by atoms with E-state index in [1.807, 2.05) is 6.07 Å². The zero-order valence-electron chi connectivity index (χ0n) is 12.2. The van der Waals surface area contributed by atoms with Crippen molar-refractivity contribution in [2.75, 3.05) is 20.8 Å². The van der Waals surface area contributed by atoms with Gasteiger partial charge in [-0.15, -0.1) is 0 Å². The van der Waals surface area contributed by atoms with Crippen LogP contribution in [0.15, 0.2) is 16.6 Å². The predicted octanol–water partition coefficient (Wildman–Crippen LogP) is 3.12. The van der Waals surface area contributed by atoms with Gasteiger partial charge in [-0.3, -0.25) is 0 Å². The van der Waals surface area contributed by atoms with E-state index in [2.05, 4.69) is 34.2 Å². The topological polar surface area (TPSA) is 39.7 Å². The summed E-state index contributed by atoms with van der Waals surface area (Å²) in [6, 6.07) is 4.40. The number of hydrogen-bond acceptors (Lipinski definition) is 4. The third kappa shape index (κ3) is 3.65. The van der Waals surface area contributed by atoms with Gasteiger partial charge in [-0.2, -0.15) is 0 Å². The van der Waals surface area contributed by atoms with Crippen LogP contribution in [0.1, 0.15) is 25.3 Å². The summed E-state index contributed by atoms with van der Waals surface area (Å²) in [6.45, 7) is 3.84. The molecule has 1 fully saturated rings. The minimum atomic E-state index is 0.332. The maximum absolute atomic E-state index is 5.69. The first kappa shape index (κ1) is 15.6. The summed E-state index contributed by atoms with van der Waals surface area (Å²) in [4.78, 5) is 0. The van der Waals surface area contributed by atoms with Crippen LogP contribution in [-0.4, -0.2) is 33.0 Å². The Morgan fingerprint density at radius 2 is 2.20 bits per heavy atom. The van der Waals surface area contributed by atoms with Gasteiger partial charge in [0.25, 0.3) is 0 Å². The van der Waals surface area contributed by atoms with E-state index < -0.39 is 0 Å². The molecule has 4 nitrogen and oxygen atoms in total. The van der Waals surface area contributed by atoms with Gasteiger partial charge < -0.3 is 19.5 Å². The van der Waals surface area contributed by atoms with Gasteiger partial charge in [-0.25, -0.2) is 0 Å². The molecular formula is C15H22BrNO3. The van der Waals surface area contributed by atoms with Crippen molar-refractivity contribution in [1.82, 2.24) is 5.32 Å². The van der Waals surface area contributed by atoms with Crippen LogP contribution in [0.4, 0.5) is 0 Å². The fourth-order valence-electron chi connectivity index (χ4n) is 2.48. The second-order valence-electron chi connectivity index (χ2n) is 5.03. The number of benzene rings is 1. The van der Waals surface area contributed by atoms with Crippen LogP contribution in [0.25, 0.3) is 0 Å². The Labute approximate surface area is 128 Å². The minimum absolute atomic E-state index is 0.332. The fraction of sp³-hybridized carbons (Fsp3) is 0.600. The van der Waals surface area contributed by atoms with E-state index in [4.69, 9.17) is 14.2 Å². The molecule has 1 aromatic carbocycles. The van der Waals surface area contributed by atoms with Gasteiger partial charge in [0.1, 0.15) is 0 Å². The summed E-state index contributed by atoms with van der Waals surface area (Å²) < 4.78 is 17.3. The van der Waals surface area contributed by atoms with Crippen molar-refractivity contribution >= 4 is 15.9 Å². The number of hydrogen-bond donors (Lipinski definition) is 1. The van der Waals surface area contributed by atoms with Crippen LogP contribution >= 0.6 is 15.9 Å². The lowest BCUT2D eigenvalue weighted by molar-refractivity contribution is 0.0832. The maximum Gasteiger partial charge on any atom is 0.174 e. The highest BCUT2D eigenvalue weighted by atomic mass is 79.9. The van der Waals surface area contributed by atoms with Gasteiger partial charge >= 0.3 is 0 Å². The van der Waals surface area contributed by atoms with E-state index in [1.54, 1.807) is 14.2 Å². The van der Waals surface area contributed by atoms with Crippen molar-refractivity contribution in [3.8, 4) is 11.5 Å². The molecule has 20 heavy (non-hydrogen) atoms. The van der Waals surface area contributed by atoms with Crippen molar-refractivity contribution < 1.29 is 14.2 Å². The van der Waals surface area contributed by atoms with Crippen molar-refractivity contribution in [1.29, 1.82) is 0 Å². The Morgan fingerprint density at radius 1 is 1.40 bits per heavy atom. The molecule has 0 aliphatic carbocycles. The highest BCUT2D eigenvalue weighted by Crippen LogP contribution is 2.36. The third-order valence-electron chi connectivity index (χ3n) is 3.64.